The molecule has 0 aliphatic carbocycles. The number of halogens is 1. The summed E-state index contributed by atoms with van der Waals surface area (Å²) in [6, 6.07) is 17.4. The average Bonchev–Trinajstić information content (AvgIpc) is 3.01. The molecule has 0 radical (unpaired) electrons. The Labute approximate surface area is 155 Å². The summed E-state index contributed by atoms with van der Waals surface area (Å²) in [5.74, 6) is 1.02. The zero-order chi connectivity index (χ0) is 17.4. The molecule has 0 amide bonds. The minimum Gasteiger partial charge on any atom is -0.366 e. The Kier molecular flexibility index (Phi) is 4.21. The highest BCUT2D eigenvalue weighted by Gasteiger charge is 2.30. The fourth-order valence-electron chi connectivity index (χ4n) is 3.36. The van der Waals surface area contributed by atoms with Crippen LogP contribution in [0, 0.1) is 0 Å². The van der Waals surface area contributed by atoms with Gasteiger partial charge in [0.05, 0.1) is 12.1 Å². The number of hydrogen-bond acceptors (Lipinski definition) is 4. The summed E-state index contributed by atoms with van der Waals surface area (Å²) in [5.41, 5.74) is 9.65. The molecule has 0 bridgehead atoms. The molecule has 25 heavy (non-hydrogen) atoms. The maximum absolute atomic E-state index is 5.86. The molecule has 5 nitrogen and oxygen atoms in total. The Balaban J connectivity index is 1.72. The van der Waals surface area contributed by atoms with Crippen LogP contribution in [0.2, 0.25) is 0 Å². The van der Waals surface area contributed by atoms with E-state index in [-0.39, 0.29) is 12.1 Å². The number of anilines is 2. The van der Waals surface area contributed by atoms with Gasteiger partial charge in [-0.05, 0) is 41.7 Å². The summed E-state index contributed by atoms with van der Waals surface area (Å²) in [6.07, 6.45) is 1.93. The molecule has 2 heterocycles. The van der Waals surface area contributed by atoms with Crippen molar-refractivity contribution in [2.75, 3.05) is 11.1 Å². The van der Waals surface area contributed by atoms with Gasteiger partial charge in [0.2, 0.25) is 11.9 Å². The van der Waals surface area contributed by atoms with Gasteiger partial charge in [-0.3, -0.25) is 0 Å². The summed E-state index contributed by atoms with van der Waals surface area (Å²) in [7, 11) is 0. The van der Waals surface area contributed by atoms with Gasteiger partial charge in [-0.25, -0.2) is 4.68 Å². The molecule has 1 aromatic heterocycles. The smallest absolute Gasteiger partial charge is 0.241 e. The first-order valence-corrected chi connectivity index (χ1v) is 9.26. The lowest BCUT2D eigenvalue weighted by Gasteiger charge is -2.31. The Hall–Kier alpha value is -2.34. The second-order valence-electron chi connectivity index (χ2n) is 6.33. The Morgan fingerprint density at radius 1 is 1.12 bits per heavy atom. The SMILES string of the molecule is CCc1ccc([C@@H]2C[C@@H](c3ccc(Br)cc3)Nc3nc(N)nn32)cc1. The van der Waals surface area contributed by atoms with Gasteiger partial charge in [0, 0.05) is 4.47 Å². The number of fused-ring (bicyclic) bond motifs is 1. The maximum Gasteiger partial charge on any atom is 0.241 e. The molecule has 0 spiro atoms. The van der Waals surface area contributed by atoms with Gasteiger partial charge >= 0.3 is 0 Å². The standard InChI is InChI=1S/C19H20BrN5/c1-2-12-3-5-14(6-4-12)17-11-16(13-7-9-15(20)10-8-13)22-19-23-18(21)24-25(17)19/h3-10,16-17H,2,11H2,1H3,(H3,21,22,23,24)/t16-,17-/m0/s1. The molecule has 128 valence electrons. The number of nitrogens with zero attached hydrogens (tertiary/aromatic N) is 3. The van der Waals surface area contributed by atoms with Crippen LogP contribution in [0.15, 0.2) is 53.0 Å². The van der Waals surface area contributed by atoms with E-state index in [0.717, 1.165) is 23.3 Å². The quantitative estimate of drug-likeness (QED) is 0.689. The van der Waals surface area contributed by atoms with Gasteiger partial charge < -0.3 is 11.1 Å². The van der Waals surface area contributed by atoms with Crippen LogP contribution in [-0.2, 0) is 6.42 Å². The molecule has 3 N–H and O–H groups in total. The van der Waals surface area contributed by atoms with Crippen LogP contribution < -0.4 is 11.1 Å². The second-order valence-corrected chi connectivity index (χ2v) is 7.25. The highest BCUT2D eigenvalue weighted by molar-refractivity contribution is 9.10. The number of benzene rings is 2. The van der Waals surface area contributed by atoms with Crippen LogP contribution in [0.5, 0.6) is 0 Å². The fourth-order valence-corrected chi connectivity index (χ4v) is 3.63. The third kappa shape index (κ3) is 3.14. The first-order chi connectivity index (χ1) is 12.1. The Morgan fingerprint density at radius 2 is 1.80 bits per heavy atom. The molecule has 2 atom stereocenters. The lowest BCUT2D eigenvalue weighted by Crippen LogP contribution is -2.28. The third-order valence-electron chi connectivity index (χ3n) is 4.75. The summed E-state index contributed by atoms with van der Waals surface area (Å²) >= 11 is 3.50. The lowest BCUT2D eigenvalue weighted by molar-refractivity contribution is 0.431. The van der Waals surface area contributed by atoms with Crippen LogP contribution in [0.4, 0.5) is 11.9 Å². The molecule has 0 unspecified atom stereocenters. The molecular formula is C19H20BrN5. The Bertz CT molecular complexity index is 870. The molecule has 0 saturated heterocycles. The number of hydrogen-bond donors (Lipinski definition) is 2. The van der Waals surface area contributed by atoms with Gasteiger partial charge in [-0.15, -0.1) is 5.10 Å². The van der Waals surface area contributed by atoms with Crippen LogP contribution in [-0.4, -0.2) is 14.8 Å². The third-order valence-corrected chi connectivity index (χ3v) is 5.28. The normalized spacial score (nSPS) is 19.3. The molecule has 4 rings (SSSR count). The van der Waals surface area contributed by atoms with E-state index in [1.165, 1.54) is 16.7 Å². The molecule has 0 fully saturated rings. The number of nitrogen functional groups attached to an aromatic ring is 1. The van der Waals surface area contributed by atoms with Crippen molar-refractivity contribution in [1.82, 2.24) is 14.8 Å². The molecular weight excluding hydrogens is 378 g/mol. The monoisotopic (exact) mass is 397 g/mol. The number of rotatable bonds is 3. The van der Waals surface area contributed by atoms with Crippen LogP contribution in [0.25, 0.3) is 0 Å². The van der Waals surface area contributed by atoms with Crippen molar-refractivity contribution in [2.45, 2.75) is 31.8 Å². The molecule has 1 aliphatic heterocycles. The number of aromatic nitrogens is 3. The van der Waals surface area contributed by atoms with E-state index >= 15 is 0 Å². The number of nitrogens with one attached hydrogen (secondary N) is 1. The fraction of sp³-hybridized carbons (Fsp3) is 0.263. The molecule has 0 saturated carbocycles. The predicted molar refractivity (Wildman–Crippen MR) is 104 cm³/mol. The van der Waals surface area contributed by atoms with E-state index < -0.39 is 0 Å². The Morgan fingerprint density at radius 3 is 2.48 bits per heavy atom. The first-order valence-electron chi connectivity index (χ1n) is 8.47. The molecule has 1 aliphatic rings. The van der Waals surface area contributed by atoms with E-state index in [1.807, 2.05) is 4.68 Å². The topological polar surface area (TPSA) is 68.8 Å². The minimum absolute atomic E-state index is 0.112. The lowest BCUT2D eigenvalue weighted by atomic mass is 9.93. The predicted octanol–water partition coefficient (Wildman–Crippen LogP) is 4.33. The van der Waals surface area contributed by atoms with E-state index in [2.05, 4.69) is 86.8 Å². The second kappa shape index (κ2) is 6.52. The van der Waals surface area contributed by atoms with E-state index in [1.54, 1.807) is 0 Å². The molecule has 6 heteroatoms. The molecule has 3 aromatic rings. The van der Waals surface area contributed by atoms with E-state index in [4.69, 9.17) is 5.73 Å². The van der Waals surface area contributed by atoms with Gasteiger partial charge in [0.25, 0.3) is 0 Å². The van der Waals surface area contributed by atoms with Crippen molar-refractivity contribution in [3.63, 3.8) is 0 Å². The zero-order valence-corrected chi connectivity index (χ0v) is 15.6. The summed E-state index contributed by atoms with van der Waals surface area (Å²) in [6.45, 7) is 2.17. The highest BCUT2D eigenvalue weighted by atomic mass is 79.9. The largest absolute Gasteiger partial charge is 0.366 e. The first kappa shape index (κ1) is 16.1. The summed E-state index contributed by atoms with van der Waals surface area (Å²) in [4.78, 5) is 4.36. The summed E-state index contributed by atoms with van der Waals surface area (Å²) in [5, 5.41) is 7.88. The van der Waals surface area contributed by atoms with Crippen molar-refractivity contribution in [2.24, 2.45) is 0 Å². The zero-order valence-electron chi connectivity index (χ0n) is 14.0. The van der Waals surface area contributed by atoms with Crippen LogP contribution in [0.1, 0.15) is 42.1 Å². The number of nitrogens with two attached hydrogens (primary N) is 1. The van der Waals surface area contributed by atoms with Crippen molar-refractivity contribution in [3.05, 3.63) is 69.7 Å². The van der Waals surface area contributed by atoms with Gasteiger partial charge in [0.15, 0.2) is 0 Å². The van der Waals surface area contributed by atoms with E-state index in [0.29, 0.717) is 5.95 Å². The van der Waals surface area contributed by atoms with Crippen molar-refractivity contribution in [3.8, 4) is 0 Å². The summed E-state index contributed by atoms with van der Waals surface area (Å²) < 4.78 is 2.98. The van der Waals surface area contributed by atoms with Crippen molar-refractivity contribution >= 4 is 27.8 Å². The van der Waals surface area contributed by atoms with E-state index in [9.17, 15) is 0 Å². The maximum atomic E-state index is 5.86. The number of aryl methyl sites for hydroxylation is 1. The van der Waals surface area contributed by atoms with Gasteiger partial charge in [-0.1, -0.05) is 59.3 Å². The van der Waals surface area contributed by atoms with Crippen LogP contribution in [0.3, 0.4) is 0 Å². The van der Waals surface area contributed by atoms with Crippen molar-refractivity contribution < 1.29 is 0 Å². The average molecular weight is 398 g/mol. The molecule has 2 aromatic carbocycles. The van der Waals surface area contributed by atoms with Crippen LogP contribution >= 0.6 is 15.9 Å². The van der Waals surface area contributed by atoms with Gasteiger partial charge in [-0.2, -0.15) is 4.98 Å². The highest BCUT2D eigenvalue weighted by Crippen LogP contribution is 2.38. The minimum atomic E-state index is 0.112. The van der Waals surface area contributed by atoms with Gasteiger partial charge in [0.1, 0.15) is 0 Å². The van der Waals surface area contributed by atoms with Crippen molar-refractivity contribution in [1.29, 1.82) is 0 Å².